The topological polar surface area (TPSA) is 17.1 Å². The molecule has 0 bridgehead atoms. The van der Waals surface area contributed by atoms with Gasteiger partial charge in [0.1, 0.15) is 0 Å². The third-order valence-corrected chi connectivity index (χ3v) is 2.42. The third-order valence-electron chi connectivity index (χ3n) is 1.31. The lowest BCUT2D eigenvalue weighted by molar-refractivity contribution is -0.112. The Balaban J connectivity index is 0.000000561. The molecule has 0 atom stereocenters. The minimum absolute atomic E-state index is 0.162. The van der Waals surface area contributed by atoms with Gasteiger partial charge < -0.3 is 0 Å². The van der Waals surface area contributed by atoms with Crippen LogP contribution in [0.4, 0.5) is 0 Å². The van der Waals surface area contributed by atoms with Gasteiger partial charge in [0.15, 0.2) is 5.78 Å². The average Bonchev–Trinajstić information content (AvgIpc) is 2.49. The lowest BCUT2D eigenvalue weighted by Crippen LogP contribution is -1.96. The van der Waals surface area contributed by atoms with Crippen molar-refractivity contribution < 1.29 is 4.79 Å². The first-order valence-electron chi connectivity index (χ1n) is 3.94. The number of carbonyl (C=O) groups excluding carboxylic acids is 1. The smallest absolute Gasteiger partial charge is 0.174 e. The molecular formula is C10H14OS. The van der Waals surface area contributed by atoms with Crippen molar-refractivity contribution in [2.75, 3.05) is 5.75 Å². The summed E-state index contributed by atoms with van der Waals surface area (Å²) in [5.74, 6) is 0.706. The summed E-state index contributed by atoms with van der Waals surface area (Å²) in [6.45, 7) is 11.1. The zero-order valence-electron chi connectivity index (χ0n) is 7.59. The predicted molar refractivity (Wildman–Crippen MR) is 56.2 cm³/mol. The van der Waals surface area contributed by atoms with E-state index in [9.17, 15) is 4.79 Å². The Morgan fingerprint density at radius 1 is 1.33 bits per heavy atom. The average molecular weight is 182 g/mol. The van der Waals surface area contributed by atoms with Crippen molar-refractivity contribution in [3.05, 3.63) is 35.8 Å². The zero-order valence-corrected chi connectivity index (χ0v) is 8.41. The van der Waals surface area contributed by atoms with E-state index in [4.69, 9.17) is 0 Å². The van der Waals surface area contributed by atoms with E-state index in [0.717, 1.165) is 10.5 Å². The van der Waals surface area contributed by atoms with E-state index in [1.165, 1.54) is 11.8 Å². The highest BCUT2D eigenvalue weighted by molar-refractivity contribution is 8.04. The van der Waals surface area contributed by atoms with Crippen LogP contribution in [0, 0.1) is 0 Å². The number of hydrogen-bond acceptors (Lipinski definition) is 2. The van der Waals surface area contributed by atoms with Crippen molar-refractivity contribution in [1.29, 1.82) is 0 Å². The molecule has 0 radical (unpaired) electrons. The number of Topliss-reactive ketones (excluding diaryl/α,β-unsaturated/α-hetero) is 1. The highest BCUT2D eigenvalue weighted by atomic mass is 32.2. The molecule has 0 N–H and O–H groups in total. The molecule has 0 saturated carbocycles. The van der Waals surface area contributed by atoms with Crippen molar-refractivity contribution in [3.8, 4) is 0 Å². The van der Waals surface area contributed by atoms with Gasteiger partial charge in [0.25, 0.3) is 0 Å². The molecular weight excluding hydrogens is 168 g/mol. The molecule has 0 spiro atoms. The number of allylic oxidation sites excluding steroid dienone is 3. The second-order valence-corrected chi connectivity index (χ2v) is 2.92. The summed E-state index contributed by atoms with van der Waals surface area (Å²) in [5, 5.41) is 0. The first kappa shape index (κ1) is 11.2. The molecule has 12 heavy (non-hydrogen) atoms. The minimum Gasteiger partial charge on any atom is -0.293 e. The summed E-state index contributed by atoms with van der Waals surface area (Å²) in [6, 6.07) is 0. The number of thioether (sulfide) groups is 1. The molecule has 0 unspecified atom stereocenters. The van der Waals surface area contributed by atoms with Gasteiger partial charge >= 0.3 is 0 Å². The summed E-state index contributed by atoms with van der Waals surface area (Å²) in [7, 11) is 0. The summed E-state index contributed by atoms with van der Waals surface area (Å²) >= 11 is 1.52. The molecule has 66 valence electrons. The van der Waals surface area contributed by atoms with Gasteiger partial charge in [-0.05, 0) is 0 Å². The van der Waals surface area contributed by atoms with Gasteiger partial charge in [0.2, 0.25) is 0 Å². The van der Waals surface area contributed by atoms with Crippen LogP contribution in [-0.2, 0) is 4.79 Å². The van der Waals surface area contributed by atoms with Crippen molar-refractivity contribution in [2.45, 2.75) is 13.8 Å². The van der Waals surface area contributed by atoms with E-state index in [1.807, 2.05) is 13.8 Å². The predicted octanol–water partition coefficient (Wildman–Crippen LogP) is 2.95. The van der Waals surface area contributed by atoms with E-state index in [0.29, 0.717) is 5.75 Å². The molecule has 1 aliphatic rings. The van der Waals surface area contributed by atoms with Crippen LogP contribution >= 0.6 is 11.8 Å². The summed E-state index contributed by atoms with van der Waals surface area (Å²) < 4.78 is 0. The maximum Gasteiger partial charge on any atom is 0.174 e. The lowest BCUT2D eigenvalue weighted by atomic mass is 10.2. The zero-order chi connectivity index (χ0) is 9.56. The Labute approximate surface area is 78.2 Å². The van der Waals surface area contributed by atoms with E-state index in [-0.39, 0.29) is 5.78 Å². The van der Waals surface area contributed by atoms with E-state index < -0.39 is 0 Å². The number of ketones is 1. The van der Waals surface area contributed by atoms with Crippen molar-refractivity contribution >= 4 is 17.5 Å². The van der Waals surface area contributed by atoms with Crippen molar-refractivity contribution in [2.24, 2.45) is 0 Å². The molecule has 0 aromatic heterocycles. The normalized spacial score (nSPS) is 15.3. The fourth-order valence-electron chi connectivity index (χ4n) is 0.820. The first-order valence-corrected chi connectivity index (χ1v) is 4.93. The van der Waals surface area contributed by atoms with Crippen LogP contribution in [0.15, 0.2) is 35.8 Å². The fraction of sp³-hybridized carbons (Fsp3) is 0.300. The minimum atomic E-state index is 0.162. The molecule has 0 fully saturated rings. The van der Waals surface area contributed by atoms with Crippen molar-refractivity contribution in [1.82, 2.24) is 0 Å². The first-order chi connectivity index (χ1) is 5.79. The van der Waals surface area contributed by atoms with Crippen LogP contribution in [0.2, 0.25) is 0 Å². The van der Waals surface area contributed by atoms with Gasteiger partial charge in [-0.2, -0.15) is 0 Å². The largest absolute Gasteiger partial charge is 0.293 e. The number of carbonyl (C=O) groups is 1. The van der Waals surface area contributed by atoms with Crippen LogP contribution in [0.25, 0.3) is 0 Å². The lowest BCUT2D eigenvalue weighted by Gasteiger charge is -1.89. The van der Waals surface area contributed by atoms with E-state index in [1.54, 1.807) is 12.2 Å². The Morgan fingerprint density at radius 2 is 1.92 bits per heavy atom. The van der Waals surface area contributed by atoms with Crippen molar-refractivity contribution in [3.63, 3.8) is 0 Å². The molecule has 1 rings (SSSR count). The third kappa shape index (κ3) is 2.38. The molecule has 1 heterocycles. The SMILES string of the molecule is C=CC1=C(C=C)C(=O)CS1.CC. The molecule has 0 aromatic rings. The maximum atomic E-state index is 11.0. The highest BCUT2D eigenvalue weighted by Crippen LogP contribution is 2.29. The summed E-state index contributed by atoms with van der Waals surface area (Å²) in [4.78, 5) is 11.9. The van der Waals surface area contributed by atoms with Gasteiger partial charge in [-0.3, -0.25) is 4.79 Å². The fourth-order valence-corrected chi connectivity index (χ4v) is 1.73. The summed E-state index contributed by atoms with van der Waals surface area (Å²) in [5.41, 5.74) is 0.722. The van der Waals surface area contributed by atoms with Crippen LogP contribution in [-0.4, -0.2) is 11.5 Å². The molecule has 1 aliphatic heterocycles. The molecule has 2 heteroatoms. The quantitative estimate of drug-likeness (QED) is 0.653. The summed E-state index contributed by atoms with van der Waals surface area (Å²) in [6.07, 6.45) is 3.30. The molecule has 1 nitrogen and oxygen atoms in total. The number of rotatable bonds is 2. The second-order valence-electron chi connectivity index (χ2n) is 1.90. The Hall–Kier alpha value is -0.760. The second kappa shape index (κ2) is 5.84. The van der Waals surface area contributed by atoms with Crippen LogP contribution < -0.4 is 0 Å². The molecule has 0 aliphatic carbocycles. The Bertz CT molecular complexity index is 226. The van der Waals surface area contributed by atoms with Gasteiger partial charge in [0, 0.05) is 10.5 Å². The van der Waals surface area contributed by atoms with Crippen LogP contribution in [0.5, 0.6) is 0 Å². The Morgan fingerprint density at radius 3 is 2.25 bits per heavy atom. The monoisotopic (exact) mass is 182 g/mol. The standard InChI is InChI=1S/C8H8OS.C2H6/c1-3-6-7(9)5-10-8(6)4-2;1-2/h3-4H,1-2,5H2;1-2H3. The molecule has 0 aromatic carbocycles. The van der Waals surface area contributed by atoms with Crippen LogP contribution in [0.1, 0.15) is 13.8 Å². The highest BCUT2D eigenvalue weighted by Gasteiger charge is 2.18. The molecule has 0 saturated heterocycles. The van der Waals surface area contributed by atoms with Crippen LogP contribution in [0.3, 0.4) is 0 Å². The number of hydrogen-bond donors (Lipinski definition) is 0. The van der Waals surface area contributed by atoms with E-state index in [2.05, 4.69) is 13.2 Å². The Kier molecular flexibility index (Phi) is 5.47. The van der Waals surface area contributed by atoms with Gasteiger partial charge in [-0.1, -0.05) is 39.2 Å². The van der Waals surface area contributed by atoms with Gasteiger partial charge in [-0.15, -0.1) is 11.8 Å². The molecule has 0 amide bonds. The van der Waals surface area contributed by atoms with Gasteiger partial charge in [-0.25, -0.2) is 0 Å². The van der Waals surface area contributed by atoms with Gasteiger partial charge in [0.05, 0.1) is 5.75 Å². The van der Waals surface area contributed by atoms with E-state index >= 15 is 0 Å². The maximum absolute atomic E-state index is 11.0.